The Hall–Kier alpha value is -1.43. The van der Waals surface area contributed by atoms with E-state index in [1.165, 1.54) is 0 Å². The lowest BCUT2D eigenvalue weighted by molar-refractivity contribution is -0.110. The summed E-state index contributed by atoms with van der Waals surface area (Å²) in [4.78, 5) is 10.1. The van der Waals surface area contributed by atoms with Crippen LogP contribution >= 0.6 is 0 Å². The van der Waals surface area contributed by atoms with Crippen LogP contribution in [0.2, 0.25) is 0 Å². The third kappa shape index (κ3) is 1.99. The van der Waals surface area contributed by atoms with E-state index >= 15 is 0 Å². The molecule has 0 aromatic carbocycles. The maximum atomic E-state index is 10.1. The number of hydrogen-bond acceptors (Lipinski definition) is 5. The normalized spacial score (nSPS) is 26.8. The number of nitrogens with one attached hydrogen (secondary N) is 1. The van der Waals surface area contributed by atoms with Gasteiger partial charge in [0.05, 0.1) is 0 Å². The Morgan fingerprint density at radius 2 is 2.33 bits per heavy atom. The van der Waals surface area contributed by atoms with Crippen molar-refractivity contribution in [3.8, 4) is 0 Å². The molecule has 0 saturated heterocycles. The number of carbonyl (C=O) groups excluding carboxylic acids is 1. The fourth-order valence-corrected chi connectivity index (χ4v) is 1.63. The van der Waals surface area contributed by atoms with Crippen LogP contribution in [0.25, 0.3) is 0 Å². The van der Waals surface area contributed by atoms with Crippen LogP contribution in [-0.2, 0) is 4.79 Å². The summed E-state index contributed by atoms with van der Waals surface area (Å²) in [6, 6.07) is 0.217. The Balaban J connectivity index is 1.92. The van der Waals surface area contributed by atoms with Gasteiger partial charge in [-0.2, -0.15) is 0 Å². The summed E-state index contributed by atoms with van der Waals surface area (Å²) < 4.78 is 5.29. The van der Waals surface area contributed by atoms with Gasteiger partial charge in [-0.1, -0.05) is 0 Å². The van der Waals surface area contributed by atoms with Crippen LogP contribution in [0.1, 0.15) is 43.6 Å². The van der Waals surface area contributed by atoms with Crippen LogP contribution in [0.15, 0.2) is 4.42 Å². The second-order valence-corrected chi connectivity index (χ2v) is 3.80. The molecule has 1 fully saturated rings. The van der Waals surface area contributed by atoms with Crippen molar-refractivity contribution in [2.24, 2.45) is 0 Å². The van der Waals surface area contributed by atoms with Crippen LogP contribution in [0.5, 0.6) is 0 Å². The fourth-order valence-electron chi connectivity index (χ4n) is 1.63. The Labute approximate surface area is 86.7 Å². The smallest absolute Gasteiger partial charge is 0.244 e. The number of carbonyl (C=O) groups is 1. The second kappa shape index (κ2) is 3.98. The highest BCUT2D eigenvalue weighted by atomic mass is 16.4. The quantitative estimate of drug-likeness (QED) is 0.690. The van der Waals surface area contributed by atoms with Gasteiger partial charge >= 0.3 is 0 Å². The van der Waals surface area contributed by atoms with Crippen LogP contribution < -0.4 is 5.32 Å². The first-order valence-corrected chi connectivity index (χ1v) is 4.91. The highest BCUT2D eigenvalue weighted by Gasteiger charge is 2.34. The summed E-state index contributed by atoms with van der Waals surface area (Å²) in [6.45, 7) is 1.58. The molecule has 2 rings (SSSR count). The Bertz CT molecular complexity index is 344. The summed E-state index contributed by atoms with van der Waals surface area (Å²) >= 11 is 0. The van der Waals surface area contributed by atoms with E-state index in [-0.39, 0.29) is 17.9 Å². The lowest BCUT2D eigenvalue weighted by Gasteiger charge is -2.32. The largest absolute Gasteiger partial charge is 0.422 e. The van der Waals surface area contributed by atoms with E-state index in [1.54, 1.807) is 6.92 Å². The topological polar surface area (TPSA) is 88.3 Å². The average Bonchev–Trinajstić information content (AvgIpc) is 2.59. The minimum Gasteiger partial charge on any atom is -0.422 e. The number of aliphatic hydroxyl groups is 1. The molecule has 1 aliphatic rings. The van der Waals surface area contributed by atoms with Gasteiger partial charge < -0.3 is 14.8 Å². The van der Waals surface area contributed by atoms with Gasteiger partial charge in [0.1, 0.15) is 6.10 Å². The summed E-state index contributed by atoms with van der Waals surface area (Å²) in [7, 11) is 0. The molecule has 2 N–H and O–H groups in total. The third-order valence-corrected chi connectivity index (χ3v) is 2.60. The highest BCUT2D eigenvalue weighted by Crippen LogP contribution is 2.36. The summed E-state index contributed by atoms with van der Waals surface area (Å²) in [5.74, 6) is 1.01. The van der Waals surface area contributed by atoms with Crippen LogP contribution in [0.3, 0.4) is 0 Å². The van der Waals surface area contributed by atoms with Gasteiger partial charge in [0, 0.05) is 12.0 Å². The van der Waals surface area contributed by atoms with Crippen molar-refractivity contribution in [2.45, 2.75) is 37.8 Å². The van der Waals surface area contributed by atoms with Crippen molar-refractivity contribution >= 4 is 6.41 Å². The minimum atomic E-state index is -0.727. The molecule has 6 heteroatoms. The number of rotatable bonds is 4. The first-order valence-electron chi connectivity index (χ1n) is 4.91. The number of nitrogens with zero attached hydrogens (tertiary/aromatic N) is 2. The van der Waals surface area contributed by atoms with Gasteiger partial charge in [-0.3, -0.25) is 4.79 Å². The van der Waals surface area contributed by atoms with Crippen LogP contribution in [-0.4, -0.2) is 27.8 Å². The molecule has 1 heterocycles. The van der Waals surface area contributed by atoms with Crippen molar-refractivity contribution in [3.63, 3.8) is 0 Å². The number of aromatic nitrogens is 2. The van der Waals surface area contributed by atoms with Gasteiger partial charge in [0.2, 0.25) is 18.2 Å². The summed E-state index contributed by atoms with van der Waals surface area (Å²) in [5, 5.41) is 19.5. The summed E-state index contributed by atoms with van der Waals surface area (Å²) in [6.07, 6.45) is 1.62. The Kier molecular flexibility index (Phi) is 2.68. The molecule has 0 bridgehead atoms. The maximum Gasteiger partial charge on any atom is 0.244 e. The van der Waals surface area contributed by atoms with Crippen LogP contribution in [0, 0.1) is 0 Å². The first kappa shape index (κ1) is 10.1. The lowest BCUT2D eigenvalue weighted by atomic mass is 9.80. The molecule has 1 saturated carbocycles. The Morgan fingerprint density at radius 3 is 2.87 bits per heavy atom. The number of hydrogen-bond donors (Lipinski definition) is 2. The highest BCUT2D eigenvalue weighted by molar-refractivity contribution is 5.47. The van der Waals surface area contributed by atoms with Crippen molar-refractivity contribution in [2.75, 3.05) is 0 Å². The summed E-state index contributed by atoms with van der Waals surface area (Å²) in [5.41, 5.74) is 0. The average molecular weight is 211 g/mol. The number of aliphatic hydroxyl groups excluding tert-OH is 1. The van der Waals surface area contributed by atoms with Gasteiger partial charge in [-0.25, -0.2) is 0 Å². The minimum absolute atomic E-state index is 0.211. The molecule has 1 aliphatic carbocycles. The molecule has 1 aromatic heterocycles. The van der Waals surface area contributed by atoms with Crippen molar-refractivity contribution in [1.82, 2.24) is 15.5 Å². The zero-order chi connectivity index (χ0) is 10.8. The van der Waals surface area contributed by atoms with Gasteiger partial charge in [-0.15, -0.1) is 10.2 Å². The molecule has 6 nitrogen and oxygen atoms in total. The Morgan fingerprint density at radius 1 is 1.60 bits per heavy atom. The third-order valence-electron chi connectivity index (χ3n) is 2.60. The SMILES string of the molecule is CC(O)c1nnc(C2CC(NC=O)C2)o1. The molecule has 1 aromatic rings. The van der Waals surface area contributed by atoms with E-state index in [1.807, 2.05) is 0 Å². The maximum absolute atomic E-state index is 10.1. The predicted molar refractivity (Wildman–Crippen MR) is 49.9 cm³/mol. The van der Waals surface area contributed by atoms with Crippen molar-refractivity contribution < 1.29 is 14.3 Å². The van der Waals surface area contributed by atoms with Gasteiger partial charge in [0.15, 0.2) is 0 Å². The fraction of sp³-hybridized carbons (Fsp3) is 0.667. The molecule has 1 atom stereocenters. The standard InChI is InChI=1S/C9H13N3O3/c1-5(14)8-11-12-9(15-8)6-2-7(3-6)10-4-13/h4-7,14H,2-3H2,1H3,(H,10,13). The van der Waals surface area contributed by atoms with Gasteiger partial charge in [0.25, 0.3) is 0 Å². The molecule has 82 valence electrons. The number of amides is 1. The molecular weight excluding hydrogens is 198 g/mol. The molecule has 0 radical (unpaired) electrons. The van der Waals surface area contributed by atoms with E-state index in [4.69, 9.17) is 4.42 Å². The van der Waals surface area contributed by atoms with Crippen molar-refractivity contribution in [1.29, 1.82) is 0 Å². The van der Waals surface area contributed by atoms with Crippen molar-refractivity contribution in [3.05, 3.63) is 11.8 Å². The lowest BCUT2D eigenvalue weighted by Crippen LogP contribution is -2.39. The van der Waals surface area contributed by atoms with E-state index in [9.17, 15) is 9.90 Å². The molecule has 1 unspecified atom stereocenters. The van der Waals surface area contributed by atoms with Gasteiger partial charge in [-0.05, 0) is 19.8 Å². The van der Waals surface area contributed by atoms with E-state index in [0.29, 0.717) is 12.3 Å². The van der Waals surface area contributed by atoms with Crippen LogP contribution in [0.4, 0.5) is 0 Å². The molecule has 0 aliphatic heterocycles. The second-order valence-electron chi connectivity index (χ2n) is 3.80. The molecule has 1 amide bonds. The monoisotopic (exact) mass is 211 g/mol. The zero-order valence-corrected chi connectivity index (χ0v) is 8.38. The first-order chi connectivity index (χ1) is 7.20. The van der Waals surface area contributed by atoms with E-state index in [2.05, 4.69) is 15.5 Å². The molecule has 0 spiro atoms. The zero-order valence-electron chi connectivity index (χ0n) is 8.38. The predicted octanol–water partition coefficient (Wildman–Crippen LogP) is 0.115. The molecule has 15 heavy (non-hydrogen) atoms. The van der Waals surface area contributed by atoms with E-state index in [0.717, 1.165) is 12.8 Å². The van der Waals surface area contributed by atoms with E-state index < -0.39 is 6.10 Å². The molecular formula is C9H13N3O3.